The van der Waals surface area contributed by atoms with E-state index >= 15 is 0 Å². The second kappa shape index (κ2) is 5.01. The van der Waals surface area contributed by atoms with Crippen LogP contribution in [0, 0.1) is 6.92 Å². The van der Waals surface area contributed by atoms with Gasteiger partial charge in [-0.1, -0.05) is 11.8 Å². The first-order chi connectivity index (χ1) is 8.54. The summed E-state index contributed by atoms with van der Waals surface area (Å²) in [5.74, 6) is -1.08. The molecule has 18 heavy (non-hydrogen) atoms. The van der Waals surface area contributed by atoms with Crippen molar-refractivity contribution in [1.82, 2.24) is 15.0 Å². The fraction of sp³-hybridized carbons (Fsp3) is 0.0909. The number of hydrogen-bond donors (Lipinski definition) is 2. The van der Waals surface area contributed by atoms with Gasteiger partial charge >= 0.3 is 5.97 Å². The zero-order valence-corrected chi connectivity index (χ0v) is 10.2. The van der Waals surface area contributed by atoms with Gasteiger partial charge in [-0.2, -0.15) is 0 Å². The third kappa shape index (κ3) is 2.95. The molecule has 6 nitrogen and oxygen atoms in total. The largest absolute Gasteiger partial charge is 0.477 e. The number of carboxylic acid groups (broad SMARTS) is 1. The molecule has 2 aromatic heterocycles. The van der Waals surface area contributed by atoms with Crippen LogP contribution in [-0.2, 0) is 0 Å². The third-order valence-corrected chi connectivity index (χ3v) is 2.88. The van der Waals surface area contributed by atoms with Gasteiger partial charge in [-0.15, -0.1) is 0 Å². The predicted octanol–water partition coefficient (Wildman–Crippen LogP) is 1.32. The second-order valence-corrected chi connectivity index (χ2v) is 4.54. The van der Waals surface area contributed by atoms with Crippen molar-refractivity contribution in [2.24, 2.45) is 0 Å². The topological polar surface area (TPSA) is 95.9 Å². The molecular weight excluding hydrogens is 254 g/mol. The molecule has 0 amide bonds. The Hall–Kier alpha value is -2.15. The number of rotatable bonds is 3. The average molecular weight is 263 g/mol. The van der Waals surface area contributed by atoms with E-state index in [9.17, 15) is 9.59 Å². The molecule has 2 aromatic rings. The molecule has 0 aromatic carbocycles. The molecule has 0 bridgehead atoms. The van der Waals surface area contributed by atoms with Crippen LogP contribution in [0.15, 0.2) is 39.2 Å². The summed E-state index contributed by atoms with van der Waals surface area (Å²) >= 11 is 1.21. The maximum Gasteiger partial charge on any atom is 0.354 e. The number of H-pyrrole nitrogens is 1. The third-order valence-electron chi connectivity index (χ3n) is 2.02. The summed E-state index contributed by atoms with van der Waals surface area (Å²) in [6.07, 6.45) is 1.43. The zero-order chi connectivity index (χ0) is 13.1. The van der Waals surface area contributed by atoms with Gasteiger partial charge in [0, 0.05) is 22.9 Å². The van der Waals surface area contributed by atoms with E-state index in [1.165, 1.54) is 30.1 Å². The van der Waals surface area contributed by atoms with Crippen molar-refractivity contribution in [3.8, 4) is 0 Å². The van der Waals surface area contributed by atoms with Gasteiger partial charge in [0.2, 0.25) is 0 Å². The number of nitrogens with zero attached hydrogens (tertiary/aromatic N) is 2. The molecule has 0 atom stereocenters. The lowest BCUT2D eigenvalue weighted by Crippen LogP contribution is -2.07. The minimum atomic E-state index is -1.08. The highest BCUT2D eigenvalue weighted by atomic mass is 32.2. The Balaban J connectivity index is 2.23. The number of aromatic nitrogens is 3. The molecule has 2 N–H and O–H groups in total. The van der Waals surface area contributed by atoms with Crippen LogP contribution in [0.5, 0.6) is 0 Å². The summed E-state index contributed by atoms with van der Waals surface area (Å²) in [6, 6.07) is 4.41. The molecule has 0 unspecified atom stereocenters. The van der Waals surface area contributed by atoms with Crippen LogP contribution in [0.4, 0.5) is 0 Å². The summed E-state index contributed by atoms with van der Waals surface area (Å²) < 4.78 is 0. The lowest BCUT2D eigenvalue weighted by atomic mass is 10.4. The van der Waals surface area contributed by atoms with Crippen LogP contribution in [0.1, 0.15) is 16.2 Å². The van der Waals surface area contributed by atoms with Crippen molar-refractivity contribution in [1.29, 1.82) is 0 Å². The van der Waals surface area contributed by atoms with E-state index < -0.39 is 5.97 Å². The molecule has 7 heteroatoms. The quantitative estimate of drug-likeness (QED) is 0.811. The van der Waals surface area contributed by atoms with Crippen LogP contribution in [0.3, 0.4) is 0 Å². The van der Waals surface area contributed by atoms with Crippen LogP contribution < -0.4 is 5.56 Å². The van der Waals surface area contributed by atoms with Crippen molar-refractivity contribution in [2.75, 3.05) is 0 Å². The van der Waals surface area contributed by atoms with E-state index in [0.29, 0.717) is 15.7 Å². The number of carbonyl (C=O) groups is 1. The van der Waals surface area contributed by atoms with Crippen molar-refractivity contribution in [3.05, 3.63) is 46.1 Å². The SMILES string of the molecule is Cc1cc(=O)[nH]c(Sc2ccc(C(=O)O)nc2)n1. The molecular formula is C11H9N3O3S. The summed E-state index contributed by atoms with van der Waals surface area (Å²) in [5, 5.41) is 9.16. The minimum Gasteiger partial charge on any atom is -0.477 e. The van der Waals surface area contributed by atoms with Gasteiger partial charge in [0.15, 0.2) is 5.16 Å². The highest BCUT2D eigenvalue weighted by Gasteiger charge is 2.06. The fourth-order valence-electron chi connectivity index (χ4n) is 1.28. The summed E-state index contributed by atoms with van der Waals surface area (Å²) in [5.41, 5.74) is 0.376. The predicted molar refractivity (Wildman–Crippen MR) is 64.9 cm³/mol. The summed E-state index contributed by atoms with van der Waals surface area (Å²) in [7, 11) is 0. The number of aromatic carboxylic acids is 1. The number of aromatic amines is 1. The van der Waals surface area contributed by atoms with Crippen molar-refractivity contribution >= 4 is 17.7 Å². The monoisotopic (exact) mass is 263 g/mol. The molecule has 0 saturated carbocycles. The summed E-state index contributed by atoms with van der Waals surface area (Å²) in [6.45, 7) is 1.73. The molecule has 0 aliphatic carbocycles. The van der Waals surface area contributed by atoms with Gasteiger partial charge in [-0.3, -0.25) is 4.79 Å². The van der Waals surface area contributed by atoms with Crippen molar-refractivity contribution < 1.29 is 9.90 Å². The number of aryl methyl sites for hydroxylation is 1. The van der Waals surface area contributed by atoms with Crippen molar-refractivity contribution in [3.63, 3.8) is 0 Å². The number of carboxylic acids is 1. The van der Waals surface area contributed by atoms with Gasteiger partial charge < -0.3 is 10.1 Å². The molecule has 0 aliphatic rings. The highest BCUT2D eigenvalue weighted by molar-refractivity contribution is 7.99. The van der Waals surface area contributed by atoms with E-state index in [1.54, 1.807) is 13.0 Å². The Bertz CT molecular complexity index is 637. The lowest BCUT2D eigenvalue weighted by Gasteiger charge is -2.01. The van der Waals surface area contributed by atoms with E-state index in [2.05, 4.69) is 15.0 Å². The minimum absolute atomic E-state index is 0.0231. The molecule has 2 heterocycles. The Morgan fingerprint density at radius 1 is 1.44 bits per heavy atom. The van der Waals surface area contributed by atoms with Gasteiger partial charge in [-0.05, 0) is 19.1 Å². The fourth-order valence-corrected chi connectivity index (χ4v) is 2.08. The van der Waals surface area contributed by atoms with E-state index in [-0.39, 0.29) is 11.3 Å². The van der Waals surface area contributed by atoms with Gasteiger partial charge in [0.25, 0.3) is 5.56 Å². The van der Waals surface area contributed by atoms with E-state index in [1.807, 2.05) is 0 Å². The first kappa shape index (κ1) is 12.3. The second-order valence-electron chi connectivity index (χ2n) is 3.48. The maximum absolute atomic E-state index is 11.2. The number of pyridine rings is 1. The molecule has 2 rings (SSSR count). The molecule has 0 spiro atoms. The van der Waals surface area contributed by atoms with Gasteiger partial charge in [0.05, 0.1) is 0 Å². The molecule has 0 saturated heterocycles. The molecule has 0 fully saturated rings. The first-order valence-electron chi connectivity index (χ1n) is 5.00. The van der Waals surface area contributed by atoms with Crippen LogP contribution in [0.25, 0.3) is 0 Å². The average Bonchev–Trinajstić information content (AvgIpc) is 2.28. The first-order valence-corrected chi connectivity index (χ1v) is 5.81. The Morgan fingerprint density at radius 3 is 2.78 bits per heavy atom. The zero-order valence-electron chi connectivity index (χ0n) is 9.38. The van der Waals surface area contributed by atoms with Gasteiger partial charge in [0.1, 0.15) is 5.69 Å². The molecule has 0 aliphatic heterocycles. The Labute approximate surface area is 106 Å². The van der Waals surface area contributed by atoms with Gasteiger partial charge in [-0.25, -0.2) is 14.8 Å². The van der Waals surface area contributed by atoms with E-state index in [0.717, 1.165) is 0 Å². The molecule has 92 valence electrons. The standard InChI is InChI=1S/C11H9N3O3S/c1-6-4-9(15)14-11(13-6)18-7-2-3-8(10(16)17)12-5-7/h2-5H,1H3,(H,16,17)(H,13,14,15). The number of hydrogen-bond acceptors (Lipinski definition) is 5. The number of nitrogens with one attached hydrogen (secondary N) is 1. The maximum atomic E-state index is 11.2. The van der Waals surface area contributed by atoms with Crippen LogP contribution >= 0.6 is 11.8 Å². The van der Waals surface area contributed by atoms with Crippen LogP contribution in [0.2, 0.25) is 0 Å². The Morgan fingerprint density at radius 2 is 2.22 bits per heavy atom. The Kier molecular flexibility index (Phi) is 3.42. The van der Waals surface area contributed by atoms with E-state index in [4.69, 9.17) is 5.11 Å². The lowest BCUT2D eigenvalue weighted by molar-refractivity contribution is 0.0690. The smallest absolute Gasteiger partial charge is 0.354 e. The van der Waals surface area contributed by atoms with Crippen molar-refractivity contribution in [2.45, 2.75) is 17.0 Å². The molecule has 0 radical (unpaired) electrons. The highest BCUT2D eigenvalue weighted by Crippen LogP contribution is 2.22. The van der Waals surface area contributed by atoms with Crippen LogP contribution in [-0.4, -0.2) is 26.0 Å². The normalized spacial score (nSPS) is 10.3. The summed E-state index contributed by atoms with van der Waals surface area (Å²) in [4.78, 5) is 33.1.